The van der Waals surface area contributed by atoms with Gasteiger partial charge in [0.2, 0.25) is 0 Å². The second kappa shape index (κ2) is 5.67. The summed E-state index contributed by atoms with van der Waals surface area (Å²) in [5.41, 5.74) is 0. The van der Waals surface area contributed by atoms with E-state index in [4.69, 9.17) is 18.9 Å². The Labute approximate surface area is 106 Å². The highest BCUT2D eigenvalue weighted by Gasteiger charge is 2.37. The van der Waals surface area contributed by atoms with E-state index in [9.17, 15) is 0 Å². The molecule has 0 amide bonds. The molecule has 2 aliphatic rings. The number of ether oxygens (including phenoxy) is 4. The van der Waals surface area contributed by atoms with Crippen molar-refractivity contribution in [1.29, 1.82) is 0 Å². The molecule has 2 atom stereocenters. The van der Waals surface area contributed by atoms with Crippen molar-refractivity contribution in [1.82, 2.24) is 5.32 Å². The Morgan fingerprint density at radius 1 is 1.28 bits per heavy atom. The smallest absolute Gasteiger partial charge is 0.198 e. The molecule has 1 aromatic rings. The van der Waals surface area contributed by atoms with Crippen molar-refractivity contribution < 1.29 is 18.9 Å². The molecular weight excluding hydrogens is 234 g/mol. The fourth-order valence-electron chi connectivity index (χ4n) is 2.09. The molecule has 97 valence electrons. The highest BCUT2D eigenvalue weighted by atomic mass is 16.7. The van der Waals surface area contributed by atoms with E-state index in [1.807, 2.05) is 18.2 Å². The number of hydrogen-bond acceptors (Lipinski definition) is 5. The Kier molecular flexibility index (Phi) is 3.75. The monoisotopic (exact) mass is 250 g/mol. The second-order valence-corrected chi connectivity index (χ2v) is 4.18. The van der Waals surface area contributed by atoms with Gasteiger partial charge in [-0.1, -0.05) is 12.1 Å². The lowest BCUT2D eigenvalue weighted by atomic mass is 10.3. The van der Waals surface area contributed by atoms with Crippen LogP contribution in [0.2, 0.25) is 0 Å². The van der Waals surface area contributed by atoms with Gasteiger partial charge in [-0.15, -0.1) is 0 Å². The fourth-order valence-corrected chi connectivity index (χ4v) is 2.09. The van der Waals surface area contributed by atoms with Crippen LogP contribution in [0.3, 0.4) is 0 Å². The van der Waals surface area contributed by atoms with Gasteiger partial charge in [-0.05, 0) is 18.2 Å². The average molecular weight is 250 g/mol. The molecule has 0 aliphatic carbocycles. The van der Waals surface area contributed by atoms with Crippen molar-refractivity contribution in [2.24, 2.45) is 0 Å². The maximum absolute atomic E-state index is 5.91. The maximum Gasteiger partial charge on any atom is 0.198 e. The SMILES string of the molecule is [c]1cccc(OC(C2NCCO2)C2OCCO2)c1. The van der Waals surface area contributed by atoms with E-state index in [1.165, 1.54) is 0 Å². The first-order valence-corrected chi connectivity index (χ1v) is 6.14. The van der Waals surface area contributed by atoms with Crippen LogP contribution in [0.1, 0.15) is 0 Å². The molecule has 2 saturated heterocycles. The molecular formula is C13H16NO4. The van der Waals surface area contributed by atoms with Gasteiger partial charge in [0.15, 0.2) is 18.6 Å². The first-order valence-electron chi connectivity index (χ1n) is 6.14. The van der Waals surface area contributed by atoms with Gasteiger partial charge in [-0.3, -0.25) is 5.32 Å². The van der Waals surface area contributed by atoms with Crippen molar-refractivity contribution >= 4 is 0 Å². The van der Waals surface area contributed by atoms with Gasteiger partial charge in [0, 0.05) is 6.54 Å². The lowest BCUT2D eigenvalue weighted by molar-refractivity contribution is -0.151. The Hall–Kier alpha value is -1.14. The first-order chi connectivity index (χ1) is 8.93. The minimum atomic E-state index is -0.388. The molecule has 2 heterocycles. The molecule has 0 bridgehead atoms. The zero-order valence-electron chi connectivity index (χ0n) is 10.0. The number of benzene rings is 1. The van der Waals surface area contributed by atoms with Gasteiger partial charge >= 0.3 is 0 Å². The summed E-state index contributed by atoms with van der Waals surface area (Å²) in [6.07, 6.45) is -0.903. The second-order valence-electron chi connectivity index (χ2n) is 4.18. The standard InChI is InChI=1S/C13H16NO4/c1-2-4-10(5-3-1)18-11(12-14-6-7-15-12)13-16-8-9-17-13/h1-2,4-5,11-14H,6-9H2. The summed E-state index contributed by atoms with van der Waals surface area (Å²) in [6.45, 7) is 2.69. The molecule has 3 rings (SSSR count). The van der Waals surface area contributed by atoms with Gasteiger partial charge in [0.1, 0.15) is 5.75 Å². The summed E-state index contributed by atoms with van der Waals surface area (Å²) >= 11 is 0. The summed E-state index contributed by atoms with van der Waals surface area (Å²) < 4.78 is 22.6. The minimum absolute atomic E-state index is 0.201. The highest BCUT2D eigenvalue weighted by Crippen LogP contribution is 2.21. The predicted octanol–water partition coefficient (Wildman–Crippen LogP) is 0.553. The van der Waals surface area contributed by atoms with Crippen molar-refractivity contribution in [2.45, 2.75) is 18.6 Å². The van der Waals surface area contributed by atoms with Crippen molar-refractivity contribution in [3.63, 3.8) is 0 Å². The molecule has 1 N–H and O–H groups in total. The topological polar surface area (TPSA) is 49.0 Å². The number of hydrogen-bond donors (Lipinski definition) is 1. The molecule has 0 aromatic heterocycles. The fraction of sp³-hybridized carbons (Fsp3) is 0.538. The van der Waals surface area contributed by atoms with Crippen molar-refractivity contribution in [3.05, 3.63) is 30.3 Å². The predicted molar refractivity (Wildman–Crippen MR) is 63.1 cm³/mol. The molecule has 2 unspecified atom stereocenters. The van der Waals surface area contributed by atoms with Crippen LogP contribution in [0.25, 0.3) is 0 Å². The van der Waals surface area contributed by atoms with Crippen LogP contribution in [0.15, 0.2) is 24.3 Å². The van der Waals surface area contributed by atoms with E-state index in [0.717, 1.165) is 12.3 Å². The van der Waals surface area contributed by atoms with E-state index in [1.54, 1.807) is 6.07 Å². The van der Waals surface area contributed by atoms with Crippen LogP contribution < -0.4 is 10.1 Å². The third-order valence-electron chi connectivity index (χ3n) is 2.91. The maximum atomic E-state index is 5.91. The summed E-state index contributed by atoms with van der Waals surface area (Å²) in [5.74, 6) is 0.735. The van der Waals surface area contributed by atoms with Gasteiger partial charge < -0.3 is 18.9 Å². The molecule has 18 heavy (non-hydrogen) atoms. The van der Waals surface area contributed by atoms with Crippen LogP contribution in [0.4, 0.5) is 0 Å². The van der Waals surface area contributed by atoms with Crippen LogP contribution in [-0.2, 0) is 14.2 Å². The van der Waals surface area contributed by atoms with Crippen LogP contribution in [0, 0.1) is 6.07 Å². The Morgan fingerprint density at radius 2 is 2.17 bits per heavy atom. The molecule has 1 aromatic carbocycles. The zero-order valence-corrected chi connectivity index (χ0v) is 10.0. The van der Waals surface area contributed by atoms with Crippen LogP contribution in [-0.4, -0.2) is 45.0 Å². The van der Waals surface area contributed by atoms with Gasteiger partial charge in [-0.2, -0.15) is 0 Å². The molecule has 0 saturated carbocycles. The molecule has 5 heteroatoms. The molecule has 2 aliphatic heterocycles. The lowest BCUT2D eigenvalue weighted by Crippen LogP contribution is -2.48. The number of rotatable bonds is 4. The molecule has 0 spiro atoms. The van der Waals surface area contributed by atoms with E-state index in [-0.39, 0.29) is 18.6 Å². The molecule has 5 nitrogen and oxygen atoms in total. The summed E-state index contributed by atoms with van der Waals surface area (Å²) in [4.78, 5) is 0. The third kappa shape index (κ3) is 2.64. The first kappa shape index (κ1) is 11.9. The highest BCUT2D eigenvalue weighted by molar-refractivity contribution is 5.20. The summed E-state index contributed by atoms with van der Waals surface area (Å²) in [6, 6.07) is 10.4. The van der Waals surface area contributed by atoms with Crippen molar-refractivity contribution in [3.8, 4) is 5.75 Å². The Morgan fingerprint density at radius 3 is 2.83 bits per heavy atom. The van der Waals surface area contributed by atoms with E-state index >= 15 is 0 Å². The van der Waals surface area contributed by atoms with E-state index in [0.29, 0.717) is 19.8 Å². The zero-order chi connectivity index (χ0) is 12.2. The molecule has 2 fully saturated rings. The third-order valence-corrected chi connectivity index (χ3v) is 2.91. The normalized spacial score (nSPS) is 26.3. The minimum Gasteiger partial charge on any atom is -0.481 e. The van der Waals surface area contributed by atoms with Gasteiger partial charge in [0.05, 0.1) is 19.8 Å². The van der Waals surface area contributed by atoms with Gasteiger partial charge in [0.25, 0.3) is 0 Å². The molecule has 1 radical (unpaired) electrons. The van der Waals surface area contributed by atoms with Crippen LogP contribution in [0.5, 0.6) is 5.75 Å². The number of nitrogens with one attached hydrogen (secondary N) is 1. The summed E-state index contributed by atoms with van der Waals surface area (Å²) in [7, 11) is 0. The lowest BCUT2D eigenvalue weighted by Gasteiger charge is -2.27. The Bertz CT molecular complexity index is 345. The van der Waals surface area contributed by atoms with E-state index < -0.39 is 0 Å². The Balaban J connectivity index is 1.72. The average Bonchev–Trinajstić information content (AvgIpc) is 3.11. The van der Waals surface area contributed by atoms with E-state index in [2.05, 4.69) is 11.4 Å². The quantitative estimate of drug-likeness (QED) is 0.846. The van der Waals surface area contributed by atoms with Crippen LogP contribution >= 0.6 is 0 Å². The summed E-state index contributed by atoms with van der Waals surface area (Å²) in [5, 5.41) is 3.24. The van der Waals surface area contributed by atoms with Gasteiger partial charge in [-0.25, -0.2) is 0 Å². The largest absolute Gasteiger partial charge is 0.481 e. The van der Waals surface area contributed by atoms with Crippen molar-refractivity contribution in [2.75, 3.05) is 26.4 Å².